The summed E-state index contributed by atoms with van der Waals surface area (Å²) in [6, 6.07) is 7.53. The molecule has 0 aliphatic heterocycles. The monoisotopic (exact) mass is 280 g/mol. The number of hydrogen-bond donors (Lipinski definition) is 2. The zero-order valence-electron chi connectivity index (χ0n) is 12.8. The molecule has 0 aromatic heterocycles. The van der Waals surface area contributed by atoms with Crippen LogP contribution in [0.1, 0.15) is 40.2 Å². The highest BCUT2D eigenvalue weighted by atomic mass is 16.6. The van der Waals surface area contributed by atoms with Gasteiger partial charge in [0.25, 0.3) is 0 Å². The van der Waals surface area contributed by atoms with Gasteiger partial charge in [0.05, 0.1) is 6.61 Å². The molecule has 1 amide bonds. The van der Waals surface area contributed by atoms with Crippen molar-refractivity contribution in [2.75, 3.05) is 11.9 Å². The number of amides is 1. The SMILES string of the molecule is CC(C)(C)OC(=O)Nc1ccccc1C(C)(C)CON. The Morgan fingerprint density at radius 2 is 1.80 bits per heavy atom. The normalized spacial score (nSPS) is 12.1. The Morgan fingerprint density at radius 3 is 2.35 bits per heavy atom. The maximum Gasteiger partial charge on any atom is 0.412 e. The molecule has 0 spiro atoms. The average Bonchev–Trinajstić information content (AvgIpc) is 2.26. The number of rotatable bonds is 4. The average molecular weight is 280 g/mol. The number of anilines is 1. The Hall–Kier alpha value is -1.59. The third-order valence-electron chi connectivity index (χ3n) is 2.74. The number of carbonyl (C=O) groups is 1. The highest BCUT2D eigenvalue weighted by Crippen LogP contribution is 2.30. The number of hydrogen-bond acceptors (Lipinski definition) is 4. The lowest BCUT2D eigenvalue weighted by atomic mass is 9.84. The lowest BCUT2D eigenvalue weighted by Gasteiger charge is -2.27. The largest absolute Gasteiger partial charge is 0.444 e. The molecule has 1 aromatic rings. The molecule has 1 aromatic carbocycles. The second kappa shape index (κ2) is 6.24. The van der Waals surface area contributed by atoms with E-state index in [9.17, 15) is 4.79 Å². The molecule has 5 heteroatoms. The van der Waals surface area contributed by atoms with Crippen LogP contribution in [0, 0.1) is 0 Å². The van der Waals surface area contributed by atoms with Crippen LogP contribution in [-0.4, -0.2) is 18.3 Å². The minimum atomic E-state index is -0.533. The van der Waals surface area contributed by atoms with Gasteiger partial charge in [0.2, 0.25) is 0 Å². The van der Waals surface area contributed by atoms with Gasteiger partial charge in [-0.2, -0.15) is 0 Å². The van der Waals surface area contributed by atoms with E-state index in [0.29, 0.717) is 12.3 Å². The molecule has 112 valence electrons. The first-order chi connectivity index (χ1) is 9.15. The molecule has 0 radical (unpaired) electrons. The molecule has 1 rings (SSSR count). The van der Waals surface area contributed by atoms with Crippen LogP contribution in [0.5, 0.6) is 0 Å². The Labute approximate surface area is 120 Å². The summed E-state index contributed by atoms with van der Waals surface area (Å²) >= 11 is 0. The van der Waals surface area contributed by atoms with Crippen molar-refractivity contribution in [1.29, 1.82) is 0 Å². The predicted molar refractivity (Wildman–Crippen MR) is 79.5 cm³/mol. The summed E-state index contributed by atoms with van der Waals surface area (Å²) in [5.41, 5.74) is 0.787. The fourth-order valence-electron chi connectivity index (χ4n) is 1.88. The third kappa shape index (κ3) is 4.83. The molecular formula is C15H24N2O3. The number of nitrogens with two attached hydrogens (primary N) is 1. The molecule has 0 aliphatic carbocycles. The van der Waals surface area contributed by atoms with Crippen LogP contribution in [0.25, 0.3) is 0 Å². The van der Waals surface area contributed by atoms with Gasteiger partial charge in [0.1, 0.15) is 5.60 Å². The van der Waals surface area contributed by atoms with Crippen LogP contribution >= 0.6 is 0 Å². The van der Waals surface area contributed by atoms with E-state index in [2.05, 4.69) is 5.32 Å². The van der Waals surface area contributed by atoms with Crippen LogP contribution in [0.3, 0.4) is 0 Å². The summed E-state index contributed by atoms with van der Waals surface area (Å²) in [7, 11) is 0. The van der Waals surface area contributed by atoms with Crippen molar-refractivity contribution in [1.82, 2.24) is 0 Å². The minimum absolute atomic E-state index is 0.319. The molecule has 0 aliphatic rings. The summed E-state index contributed by atoms with van der Waals surface area (Å²) in [5.74, 6) is 5.17. The van der Waals surface area contributed by atoms with E-state index in [1.54, 1.807) is 0 Å². The first-order valence-corrected chi connectivity index (χ1v) is 6.57. The predicted octanol–water partition coefficient (Wildman–Crippen LogP) is 3.20. The van der Waals surface area contributed by atoms with Crippen LogP contribution in [-0.2, 0) is 15.0 Å². The maximum atomic E-state index is 11.9. The van der Waals surface area contributed by atoms with Gasteiger partial charge in [-0.1, -0.05) is 32.0 Å². The number of ether oxygens (including phenoxy) is 1. The summed E-state index contributed by atoms with van der Waals surface area (Å²) in [6.45, 7) is 9.81. The van der Waals surface area contributed by atoms with Gasteiger partial charge < -0.3 is 9.57 Å². The van der Waals surface area contributed by atoms with Gasteiger partial charge in [-0.15, -0.1) is 0 Å². The number of carbonyl (C=O) groups excluding carboxylic acids is 1. The first kappa shape index (κ1) is 16.5. The zero-order valence-corrected chi connectivity index (χ0v) is 12.8. The Morgan fingerprint density at radius 1 is 1.20 bits per heavy atom. The van der Waals surface area contributed by atoms with Gasteiger partial charge in [-0.25, -0.2) is 10.7 Å². The first-order valence-electron chi connectivity index (χ1n) is 6.57. The summed E-state index contributed by atoms with van der Waals surface area (Å²) in [5, 5.41) is 2.77. The van der Waals surface area contributed by atoms with Gasteiger partial charge in [-0.3, -0.25) is 5.32 Å². The molecule has 0 heterocycles. The van der Waals surface area contributed by atoms with Crippen molar-refractivity contribution in [3.05, 3.63) is 29.8 Å². The molecule has 0 saturated heterocycles. The second-order valence-corrected chi connectivity index (χ2v) is 6.37. The lowest BCUT2D eigenvalue weighted by Crippen LogP contribution is -2.30. The molecule has 0 atom stereocenters. The second-order valence-electron chi connectivity index (χ2n) is 6.37. The van der Waals surface area contributed by atoms with Gasteiger partial charge in [0, 0.05) is 11.1 Å². The van der Waals surface area contributed by atoms with Gasteiger partial charge >= 0.3 is 6.09 Å². The molecule has 0 fully saturated rings. The van der Waals surface area contributed by atoms with E-state index in [1.165, 1.54) is 0 Å². The van der Waals surface area contributed by atoms with Crippen LogP contribution in [0.15, 0.2) is 24.3 Å². The zero-order chi connectivity index (χ0) is 15.4. The van der Waals surface area contributed by atoms with E-state index in [-0.39, 0.29) is 5.41 Å². The van der Waals surface area contributed by atoms with E-state index in [0.717, 1.165) is 5.56 Å². The molecule has 0 saturated carbocycles. The molecule has 0 bridgehead atoms. The van der Waals surface area contributed by atoms with Crippen LogP contribution < -0.4 is 11.2 Å². The number of benzene rings is 1. The van der Waals surface area contributed by atoms with Crippen molar-refractivity contribution in [2.45, 2.75) is 45.6 Å². The van der Waals surface area contributed by atoms with E-state index in [1.807, 2.05) is 58.9 Å². The van der Waals surface area contributed by atoms with Crippen LogP contribution in [0.4, 0.5) is 10.5 Å². The lowest BCUT2D eigenvalue weighted by molar-refractivity contribution is 0.0635. The van der Waals surface area contributed by atoms with E-state index < -0.39 is 11.7 Å². The smallest absolute Gasteiger partial charge is 0.412 e. The summed E-state index contributed by atoms with van der Waals surface area (Å²) in [4.78, 5) is 16.6. The Bertz CT molecular complexity index is 464. The molecule has 20 heavy (non-hydrogen) atoms. The summed E-state index contributed by atoms with van der Waals surface area (Å²) in [6.07, 6.45) is -0.477. The van der Waals surface area contributed by atoms with Crippen molar-refractivity contribution in [3.63, 3.8) is 0 Å². The Balaban J connectivity index is 2.94. The van der Waals surface area contributed by atoms with E-state index in [4.69, 9.17) is 15.5 Å². The van der Waals surface area contributed by atoms with Crippen LogP contribution in [0.2, 0.25) is 0 Å². The molecule has 3 N–H and O–H groups in total. The topological polar surface area (TPSA) is 73.6 Å². The van der Waals surface area contributed by atoms with Crippen molar-refractivity contribution >= 4 is 11.8 Å². The van der Waals surface area contributed by atoms with E-state index >= 15 is 0 Å². The fraction of sp³-hybridized carbons (Fsp3) is 0.533. The number of nitrogens with one attached hydrogen (secondary N) is 1. The highest BCUT2D eigenvalue weighted by Gasteiger charge is 2.25. The standard InChI is InChI=1S/C15H24N2O3/c1-14(2,3)20-13(18)17-12-9-7-6-8-11(12)15(4,5)10-19-16/h6-9H,10,16H2,1-5H3,(H,17,18). The fourth-order valence-corrected chi connectivity index (χ4v) is 1.88. The Kier molecular flexibility index (Phi) is 5.14. The van der Waals surface area contributed by atoms with Crippen molar-refractivity contribution in [2.24, 2.45) is 5.90 Å². The number of para-hydroxylation sites is 1. The molecular weight excluding hydrogens is 256 g/mol. The molecule has 5 nitrogen and oxygen atoms in total. The summed E-state index contributed by atoms with van der Waals surface area (Å²) < 4.78 is 5.26. The van der Waals surface area contributed by atoms with Crippen molar-refractivity contribution < 1.29 is 14.4 Å². The van der Waals surface area contributed by atoms with Gasteiger partial charge in [-0.05, 0) is 32.4 Å². The van der Waals surface area contributed by atoms with Crippen molar-refractivity contribution in [3.8, 4) is 0 Å². The minimum Gasteiger partial charge on any atom is -0.444 e. The third-order valence-corrected chi connectivity index (χ3v) is 2.74. The quantitative estimate of drug-likeness (QED) is 0.831. The highest BCUT2D eigenvalue weighted by molar-refractivity contribution is 5.86. The molecule has 0 unspecified atom stereocenters. The maximum absolute atomic E-state index is 11.9. The van der Waals surface area contributed by atoms with Gasteiger partial charge in [0.15, 0.2) is 0 Å².